The Kier molecular flexibility index (Phi) is 7.20. The molecule has 3 aromatic heterocycles. The molecule has 8 aromatic rings. The van der Waals surface area contributed by atoms with Crippen LogP contribution in [0, 0.1) is 3.80 Å². The Balaban J connectivity index is 1.16. The van der Waals surface area contributed by atoms with E-state index in [1.165, 1.54) is 33.2 Å². The number of hydrogen-bond acceptors (Lipinski definition) is 2. The molecule has 9 rings (SSSR count). The molecule has 256 valence electrons. The van der Waals surface area contributed by atoms with E-state index in [4.69, 9.17) is 12.5 Å². The molecule has 0 saturated heterocycles. The number of rotatable bonds is 5. The molecular formula is C45H40N4OPt. The van der Waals surface area contributed by atoms with Crippen molar-refractivity contribution in [2.24, 2.45) is 7.00 Å². The van der Waals surface area contributed by atoms with Crippen molar-refractivity contribution in [3.63, 3.8) is 0 Å². The summed E-state index contributed by atoms with van der Waals surface area (Å²) >= 11 is 2.30. The Labute approximate surface area is 312 Å². The van der Waals surface area contributed by atoms with E-state index >= 15 is 0 Å². The number of imidazole rings is 1. The summed E-state index contributed by atoms with van der Waals surface area (Å²) in [5, 5.41) is 2.31. The predicted molar refractivity (Wildman–Crippen MR) is 204 cm³/mol. The van der Waals surface area contributed by atoms with Gasteiger partial charge in [-0.15, -0.1) is 0 Å². The van der Waals surface area contributed by atoms with E-state index in [1.807, 2.05) is 24.4 Å². The van der Waals surface area contributed by atoms with Crippen molar-refractivity contribution in [2.75, 3.05) is 0 Å². The van der Waals surface area contributed by atoms with Crippen LogP contribution in [-0.4, -0.2) is 18.7 Å². The molecule has 6 heteroatoms. The van der Waals surface area contributed by atoms with Gasteiger partial charge in [-0.05, 0) is 46.4 Å². The van der Waals surface area contributed by atoms with Crippen molar-refractivity contribution in [1.29, 1.82) is 0 Å². The molecule has 1 atom stereocenters. The fourth-order valence-corrected chi connectivity index (χ4v) is 8.71. The average molecular weight is 850 g/mol. The van der Waals surface area contributed by atoms with Gasteiger partial charge >= 0.3 is 199 Å². The molecule has 3 heterocycles. The van der Waals surface area contributed by atoms with E-state index in [0.717, 1.165) is 67.8 Å². The Bertz CT molecular complexity index is 2740. The zero-order chi connectivity index (χ0) is 36.4. The maximum absolute atomic E-state index is 8.31. The standard InChI is InChI=1S/C45H40N4O.Pt/c1-45(2,3)33-23-24-46-44(26-33)49-40-22-18-32(30-11-6-5-7-12-30)25-38(40)36-21-20-35(28-43(36)49)50-34-19-17-31-13-10-16-39(37(31)27-34)48-29-47(4)41-14-8-9-15-42(41)48;/h5-9,11-12,14-15,17-28,39H,10,13,16H2,1-4H3;/i4D2;. The van der Waals surface area contributed by atoms with E-state index < -0.39 is 7.00 Å². The molecule has 0 fully saturated rings. The van der Waals surface area contributed by atoms with Crippen LogP contribution in [0.25, 0.3) is 49.8 Å². The fraction of sp³-hybridized carbons (Fsp3) is 0.200. The van der Waals surface area contributed by atoms with E-state index in [9.17, 15) is 0 Å². The molecule has 5 aromatic carbocycles. The van der Waals surface area contributed by atoms with Gasteiger partial charge < -0.3 is 0 Å². The molecule has 0 spiro atoms. The first kappa shape index (κ1) is 29.7. The summed E-state index contributed by atoms with van der Waals surface area (Å²) in [6, 6.07) is 42.7. The van der Waals surface area contributed by atoms with E-state index in [0.29, 0.717) is 0 Å². The fourth-order valence-electron chi connectivity index (χ4n) is 7.81. The number of fused-ring (bicyclic) bond motifs is 5. The molecule has 0 N–H and O–H groups in total. The number of pyridine rings is 1. The van der Waals surface area contributed by atoms with Crippen LogP contribution in [0.5, 0.6) is 11.5 Å². The van der Waals surface area contributed by atoms with E-state index in [2.05, 4.69) is 152 Å². The number of ether oxygens (including phenoxy) is 1. The minimum atomic E-state index is -1.13. The number of aromatic nitrogens is 4. The Hall–Kier alpha value is -4.99. The Morgan fingerprint density at radius 3 is 2.35 bits per heavy atom. The third-order valence-corrected chi connectivity index (χ3v) is 11.5. The summed E-state index contributed by atoms with van der Waals surface area (Å²) in [4.78, 5) is 4.91. The van der Waals surface area contributed by atoms with Crippen LogP contribution in [0.4, 0.5) is 0 Å². The Morgan fingerprint density at radius 1 is 0.745 bits per heavy atom. The second-order valence-electron chi connectivity index (χ2n) is 14.6. The van der Waals surface area contributed by atoms with Crippen LogP contribution in [0.15, 0.2) is 128 Å². The van der Waals surface area contributed by atoms with E-state index in [-0.39, 0.29) is 11.5 Å². The molecule has 51 heavy (non-hydrogen) atoms. The van der Waals surface area contributed by atoms with Crippen molar-refractivity contribution >= 4 is 32.8 Å². The normalized spacial score (nSPS) is 15.4. The summed E-state index contributed by atoms with van der Waals surface area (Å²) in [6.07, 6.45) is 4.98. The van der Waals surface area contributed by atoms with Crippen LogP contribution in [-0.2, 0) is 38.2 Å². The molecule has 0 amide bonds. The summed E-state index contributed by atoms with van der Waals surface area (Å²) in [5.41, 5.74) is 10.2. The number of para-hydroxylation sites is 2. The van der Waals surface area contributed by atoms with Crippen LogP contribution < -0.4 is 4.74 Å². The number of aryl methyl sites for hydroxylation is 2. The minimum absolute atomic E-state index is 0.0229. The number of benzene rings is 5. The van der Waals surface area contributed by atoms with Crippen LogP contribution in [0.3, 0.4) is 0 Å². The van der Waals surface area contributed by atoms with Gasteiger partial charge in [-0.3, -0.25) is 0 Å². The van der Waals surface area contributed by atoms with Gasteiger partial charge in [-0.1, -0.05) is 57.2 Å². The topological polar surface area (TPSA) is 36.9 Å². The molecule has 0 aliphatic heterocycles. The first-order valence-electron chi connectivity index (χ1n) is 18.7. The van der Waals surface area contributed by atoms with Gasteiger partial charge in [0.1, 0.15) is 0 Å². The van der Waals surface area contributed by atoms with Crippen molar-refractivity contribution in [1.82, 2.24) is 18.7 Å². The van der Waals surface area contributed by atoms with Crippen molar-refractivity contribution in [3.8, 4) is 28.4 Å². The quantitative estimate of drug-likeness (QED) is 0.173. The summed E-state index contributed by atoms with van der Waals surface area (Å²) in [7, 11) is 0. The van der Waals surface area contributed by atoms with Crippen molar-refractivity contribution in [3.05, 3.63) is 148 Å². The SMILES string of the molecule is [2H]C([2H])n1[c](=[Pt])n(C2CCCc3ccc(Oc4ccc5c6cc(-c7ccccc7)ccc6n(-c6cc(C(C)(C)C)ccn6)c5c4)cc32)c2ccccc21. The van der Waals surface area contributed by atoms with Gasteiger partial charge in [-0.2, -0.15) is 0 Å². The third-order valence-electron chi connectivity index (χ3n) is 10.4. The summed E-state index contributed by atoms with van der Waals surface area (Å²) in [6.45, 7) is 5.57. The third kappa shape index (κ3) is 5.50. The first-order valence-corrected chi connectivity index (χ1v) is 18.7. The van der Waals surface area contributed by atoms with Gasteiger partial charge in [0.2, 0.25) is 0 Å². The van der Waals surface area contributed by atoms with Gasteiger partial charge in [0.05, 0.1) is 0 Å². The number of nitrogens with zero attached hydrogens (tertiary/aromatic N) is 4. The molecule has 0 bridgehead atoms. The maximum atomic E-state index is 8.31. The van der Waals surface area contributed by atoms with Gasteiger partial charge in [0, 0.05) is 6.20 Å². The van der Waals surface area contributed by atoms with Crippen molar-refractivity contribution < 1.29 is 26.8 Å². The van der Waals surface area contributed by atoms with Crippen molar-refractivity contribution in [2.45, 2.75) is 51.5 Å². The first-order chi connectivity index (χ1) is 25.7. The summed E-state index contributed by atoms with van der Waals surface area (Å²) in [5.74, 6) is 2.43. The monoisotopic (exact) mass is 849 g/mol. The van der Waals surface area contributed by atoms with Gasteiger partial charge in [-0.25, -0.2) is 4.98 Å². The molecule has 1 unspecified atom stereocenters. The zero-order valence-corrected chi connectivity index (χ0v) is 31.2. The van der Waals surface area contributed by atoms with Crippen LogP contribution >= 0.6 is 0 Å². The number of hydrogen-bond donors (Lipinski definition) is 0. The van der Waals surface area contributed by atoms with Gasteiger partial charge in [0.25, 0.3) is 0 Å². The molecular weight excluding hydrogens is 808 g/mol. The molecule has 5 nitrogen and oxygen atoms in total. The second-order valence-corrected chi connectivity index (χ2v) is 15.6. The average Bonchev–Trinajstić information content (AvgIpc) is 3.65. The second kappa shape index (κ2) is 12.4. The van der Waals surface area contributed by atoms with E-state index in [1.54, 1.807) is 4.57 Å². The molecule has 0 radical (unpaired) electrons. The van der Waals surface area contributed by atoms with Crippen LogP contribution in [0.2, 0.25) is 0 Å². The van der Waals surface area contributed by atoms with Crippen LogP contribution in [0.1, 0.15) is 59.1 Å². The van der Waals surface area contributed by atoms with Gasteiger partial charge in [0.15, 0.2) is 0 Å². The summed E-state index contributed by atoms with van der Waals surface area (Å²) < 4.78 is 30.6. The molecule has 0 saturated carbocycles. The Morgan fingerprint density at radius 2 is 1.53 bits per heavy atom. The molecule has 1 aliphatic carbocycles. The zero-order valence-electron chi connectivity index (χ0n) is 30.9. The molecule has 1 aliphatic rings. The predicted octanol–water partition coefficient (Wildman–Crippen LogP) is 11.2.